The van der Waals surface area contributed by atoms with Crippen molar-refractivity contribution in [3.05, 3.63) is 24.3 Å². The van der Waals surface area contributed by atoms with Crippen LogP contribution >= 0.6 is 0 Å². The second kappa shape index (κ2) is 2.52. The maximum atomic E-state index is 9.54. The van der Waals surface area contributed by atoms with E-state index in [2.05, 4.69) is 9.97 Å². The van der Waals surface area contributed by atoms with Gasteiger partial charge in [0.25, 0.3) is 0 Å². The average molecular weight is 164 g/mol. The first kappa shape index (κ1) is 7.68. The van der Waals surface area contributed by atoms with Crippen LogP contribution in [-0.4, -0.2) is 21.2 Å². The molecule has 2 rings (SSSR count). The molecule has 0 amide bonds. The van der Waals surface area contributed by atoms with Crippen molar-refractivity contribution in [1.29, 1.82) is 0 Å². The third kappa shape index (κ3) is 1.01. The lowest BCUT2D eigenvalue weighted by molar-refractivity contribution is 0.148. The van der Waals surface area contributed by atoms with Crippen LogP contribution in [0.1, 0.15) is 25.5 Å². The summed E-state index contributed by atoms with van der Waals surface area (Å²) >= 11 is 0. The molecule has 1 aromatic heterocycles. The van der Waals surface area contributed by atoms with Gasteiger partial charge in [-0.05, 0) is 25.8 Å². The van der Waals surface area contributed by atoms with Gasteiger partial charge in [-0.15, -0.1) is 0 Å². The van der Waals surface area contributed by atoms with E-state index in [9.17, 15) is 5.11 Å². The molecule has 1 atom stereocenters. The van der Waals surface area contributed by atoms with E-state index in [-0.39, 0.29) is 11.5 Å². The topological polar surface area (TPSA) is 46.0 Å². The predicted molar refractivity (Wildman–Crippen MR) is 44.6 cm³/mol. The first-order valence-electron chi connectivity index (χ1n) is 4.20. The van der Waals surface area contributed by atoms with E-state index >= 15 is 0 Å². The Morgan fingerprint density at radius 1 is 1.58 bits per heavy atom. The Bertz CT molecular complexity index is 267. The maximum Gasteiger partial charge on any atom is 0.115 e. The smallest absolute Gasteiger partial charge is 0.115 e. The van der Waals surface area contributed by atoms with E-state index < -0.39 is 0 Å². The standard InChI is InChI=1S/C9H12N2O/c1-7(12)9(3-4-9)8-2-5-10-6-11-8/h2,5-7,12H,3-4H2,1H3. The Morgan fingerprint density at radius 2 is 2.33 bits per heavy atom. The van der Waals surface area contributed by atoms with Crippen molar-refractivity contribution in [2.24, 2.45) is 0 Å². The summed E-state index contributed by atoms with van der Waals surface area (Å²) in [5, 5.41) is 9.54. The number of nitrogens with zero attached hydrogens (tertiary/aromatic N) is 2. The lowest BCUT2D eigenvalue weighted by atomic mass is 9.96. The fraction of sp³-hybridized carbons (Fsp3) is 0.556. The summed E-state index contributed by atoms with van der Waals surface area (Å²) in [6.45, 7) is 1.83. The summed E-state index contributed by atoms with van der Waals surface area (Å²) in [4.78, 5) is 8.02. The van der Waals surface area contributed by atoms with E-state index in [1.165, 1.54) is 6.33 Å². The number of aromatic nitrogens is 2. The number of aliphatic hydroxyl groups is 1. The quantitative estimate of drug-likeness (QED) is 0.706. The van der Waals surface area contributed by atoms with Crippen LogP contribution in [0.25, 0.3) is 0 Å². The molecule has 1 fully saturated rings. The summed E-state index contributed by atoms with van der Waals surface area (Å²) in [5.41, 5.74) is 0.927. The Hall–Kier alpha value is -0.960. The Labute approximate surface area is 71.5 Å². The minimum absolute atomic E-state index is 0.0526. The molecule has 1 N–H and O–H groups in total. The summed E-state index contributed by atoms with van der Waals surface area (Å²) in [7, 11) is 0. The number of hydrogen-bond acceptors (Lipinski definition) is 3. The highest BCUT2D eigenvalue weighted by Crippen LogP contribution is 2.49. The van der Waals surface area contributed by atoms with Crippen molar-refractivity contribution >= 4 is 0 Å². The van der Waals surface area contributed by atoms with Gasteiger partial charge in [-0.25, -0.2) is 9.97 Å². The highest BCUT2D eigenvalue weighted by atomic mass is 16.3. The van der Waals surface area contributed by atoms with Gasteiger partial charge in [0.05, 0.1) is 11.8 Å². The van der Waals surface area contributed by atoms with Crippen LogP contribution < -0.4 is 0 Å². The maximum absolute atomic E-state index is 9.54. The largest absolute Gasteiger partial charge is 0.392 e. The molecular weight excluding hydrogens is 152 g/mol. The second-order valence-electron chi connectivity index (χ2n) is 3.43. The van der Waals surface area contributed by atoms with Crippen LogP contribution in [0.3, 0.4) is 0 Å². The van der Waals surface area contributed by atoms with Crippen molar-refractivity contribution in [3.8, 4) is 0 Å². The van der Waals surface area contributed by atoms with E-state index in [1.54, 1.807) is 6.20 Å². The molecule has 1 saturated carbocycles. The van der Waals surface area contributed by atoms with Gasteiger partial charge in [-0.1, -0.05) is 0 Å². The molecule has 1 aliphatic carbocycles. The zero-order valence-electron chi connectivity index (χ0n) is 7.07. The van der Waals surface area contributed by atoms with E-state index in [0.29, 0.717) is 0 Å². The molecule has 1 aliphatic rings. The molecule has 12 heavy (non-hydrogen) atoms. The van der Waals surface area contributed by atoms with E-state index in [1.807, 2.05) is 13.0 Å². The minimum atomic E-state index is -0.299. The predicted octanol–water partition coefficient (Wildman–Crippen LogP) is 0.889. The van der Waals surface area contributed by atoms with Crippen molar-refractivity contribution in [2.45, 2.75) is 31.3 Å². The van der Waals surface area contributed by atoms with Gasteiger partial charge in [0.1, 0.15) is 6.33 Å². The SMILES string of the molecule is CC(O)C1(c2ccncn2)CC1. The molecule has 1 heterocycles. The lowest BCUT2D eigenvalue weighted by Crippen LogP contribution is -2.23. The third-order valence-electron chi connectivity index (χ3n) is 2.68. The highest BCUT2D eigenvalue weighted by Gasteiger charge is 2.49. The molecule has 0 aliphatic heterocycles. The number of aliphatic hydroxyl groups excluding tert-OH is 1. The Kier molecular flexibility index (Phi) is 1.61. The van der Waals surface area contributed by atoms with Gasteiger partial charge < -0.3 is 5.11 Å². The molecule has 0 bridgehead atoms. The second-order valence-corrected chi connectivity index (χ2v) is 3.43. The van der Waals surface area contributed by atoms with Gasteiger partial charge >= 0.3 is 0 Å². The monoisotopic (exact) mass is 164 g/mol. The average Bonchev–Trinajstić information content (AvgIpc) is 2.86. The highest BCUT2D eigenvalue weighted by molar-refractivity contribution is 5.24. The Morgan fingerprint density at radius 3 is 2.75 bits per heavy atom. The van der Waals surface area contributed by atoms with E-state index in [4.69, 9.17) is 0 Å². The lowest BCUT2D eigenvalue weighted by Gasteiger charge is -2.16. The van der Waals surface area contributed by atoms with Crippen LogP contribution in [0.4, 0.5) is 0 Å². The van der Waals surface area contributed by atoms with Crippen LogP contribution in [0.2, 0.25) is 0 Å². The van der Waals surface area contributed by atoms with Gasteiger partial charge in [-0.3, -0.25) is 0 Å². The van der Waals surface area contributed by atoms with Crippen LogP contribution in [0, 0.1) is 0 Å². The van der Waals surface area contributed by atoms with Crippen LogP contribution in [0.15, 0.2) is 18.6 Å². The minimum Gasteiger partial charge on any atom is -0.392 e. The first-order valence-corrected chi connectivity index (χ1v) is 4.20. The van der Waals surface area contributed by atoms with E-state index in [0.717, 1.165) is 18.5 Å². The molecule has 0 spiro atoms. The molecule has 0 radical (unpaired) electrons. The van der Waals surface area contributed by atoms with Crippen LogP contribution in [-0.2, 0) is 5.41 Å². The molecule has 64 valence electrons. The molecule has 3 heteroatoms. The first-order chi connectivity index (χ1) is 5.76. The fourth-order valence-corrected chi connectivity index (χ4v) is 1.61. The van der Waals surface area contributed by atoms with Gasteiger partial charge in [0.2, 0.25) is 0 Å². The number of hydrogen-bond donors (Lipinski definition) is 1. The fourth-order valence-electron chi connectivity index (χ4n) is 1.61. The molecule has 0 saturated heterocycles. The summed E-state index contributed by atoms with van der Waals surface area (Å²) in [6.07, 6.45) is 5.05. The molecule has 0 aromatic carbocycles. The number of rotatable bonds is 2. The summed E-state index contributed by atoms with van der Waals surface area (Å²) < 4.78 is 0. The van der Waals surface area contributed by atoms with Crippen molar-refractivity contribution in [2.75, 3.05) is 0 Å². The molecule has 1 aromatic rings. The Balaban J connectivity index is 2.31. The summed E-state index contributed by atoms with van der Waals surface area (Å²) in [5.74, 6) is 0. The normalized spacial score (nSPS) is 21.8. The van der Waals surface area contributed by atoms with Crippen LogP contribution in [0.5, 0.6) is 0 Å². The van der Waals surface area contributed by atoms with Crippen molar-refractivity contribution in [1.82, 2.24) is 9.97 Å². The zero-order chi connectivity index (χ0) is 8.60. The van der Waals surface area contributed by atoms with Crippen molar-refractivity contribution in [3.63, 3.8) is 0 Å². The molecular formula is C9H12N2O. The van der Waals surface area contributed by atoms with Gasteiger partial charge in [0, 0.05) is 11.6 Å². The van der Waals surface area contributed by atoms with Crippen molar-refractivity contribution < 1.29 is 5.11 Å². The van der Waals surface area contributed by atoms with Gasteiger partial charge in [0.15, 0.2) is 0 Å². The third-order valence-corrected chi connectivity index (χ3v) is 2.68. The molecule has 1 unspecified atom stereocenters. The van der Waals surface area contributed by atoms with Gasteiger partial charge in [-0.2, -0.15) is 0 Å². The zero-order valence-corrected chi connectivity index (χ0v) is 7.07. The summed E-state index contributed by atoms with van der Waals surface area (Å²) in [6, 6.07) is 1.89. The molecule has 3 nitrogen and oxygen atoms in total.